The van der Waals surface area contributed by atoms with Crippen LogP contribution in [0.25, 0.3) is 0 Å². The molecule has 0 radical (unpaired) electrons. The first-order valence-electron chi connectivity index (χ1n) is 9.29. The van der Waals surface area contributed by atoms with Gasteiger partial charge < -0.3 is 11.1 Å². The number of sulfonamides is 1. The van der Waals surface area contributed by atoms with Crippen LogP contribution >= 0.6 is 24.0 Å². The molecule has 0 atom stereocenters. The minimum atomic E-state index is -3.72. The second-order valence-corrected chi connectivity index (χ2v) is 8.75. The lowest BCUT2D eigenvalue weighted by Gasteiger charge is -2.25. The van der Waals surface area contributed by atoms with E-state index in [2.05, 4.69) is 15.0 Å². The Morgan fingerprint density at radius 2 is 1.86 bits per heavy atom. The molecule has 1 aliphatic carbocycles. The van der Waals surface area contributed by atoms with E-state index in [4.69, 9.17) is 5.73 Å². The molecule has 0 heterocycles. The number of halogens is 2. The first-order chi connectivity index (χ1) is 13.4. The molecule has 9 heteroatoms. The van der Waals surface area contributed by atoms with Gasteiger partial charge in [-0.3, -0.25) is 0 Å². The molecular formula is C20H26FIN4O2S. The summed E-state index contributed by atoms with van der Waals surface area (Å²) in [5.41, 5.74) is 7.16. The van der Waals surface area contributed by atoms with Crippen LogP contribution in [-0.4, -0.2) is 20.9 Å². The maximum Gasteiger partial charge on any atom is 0.240 e. The molecular weight excluding hydrogens is 506 g/mol. The average Bonchev–Trinajstić information content (AvgIpc) is 2.64. The third kappa shape index (κ3) is 7.23. The molecule has 1 aliphatic rings. The van der Waals surface area contributed by atoms with Crippen molar-refractivity contribution in [1.82, 2.24) is 10.0 Å². The van der Waals surface area contributed by atoms with Crippen LogP contribution < -0.4 is 15.8 Å². The lowest BCUT2D eigenvalue weighted by atomic mass is 9.85. The molecule has 1 saturated carbocycles. The highest BCUT2D eigenvalue weighted by molar-refractivity contribution is 14.0. The Balaban J connectivity index is 0.00000300. The van der Waals surface area contributed by atoms with Gasteiger partial charge in [-0.15, -0.1) is 24.0 Å². The van der Waals surface area contributed by atoms with Crippen molar-refractivity contribution in [3.05, 3.63) is 65.5 Å². The molecule has 0 aromatic heterocycles. The summed E-state index contributed by atoms with van der Waals surface area (Å²) in [6, 6.07) is 12.4. The zero-order chi connectivity index (χ0) is 20.0. The summed E-state index contributed by atoms with van der Waals surface area (Å²) in [5.74, 6) is 0.635. The third-order valence-corrected chi connectivity index (χ3v) is 6.19. The average molecular weight is 532 g/mol. The molecule has 0 unspecified atom stereocenters. The molecule has 158 valence electrons. The van der Waals surface area contributed by atoms with Crippen molar-refractivity contribution >= 4 is 40.0 Å². The number of nitrogens with one attached hydrogen (secondary N) is 2. The number of hydrogen-bond acceptors (Lipinski definition) is 3. The smallest absolute Gasteiger partial charge is 0.240 e. The molecule has 6 nitrogen and oxygen atoms in total. The highest BCUT2D eigenvalue weighted by Gasteiger charge is 2.17. The van der Waals surface area contributed by atoms with Crippen molar-refractivity contribution in [2.75, 3.05) is 6.54 Å². The van der Waals surface area contributed by atoms with Gasteiger partial charge in [0.15, 0.2) is 5.96 Å². The molecule has 0 spiro atoms. The van der Waals surface area contributed by atoms with Gasteiger partial charge in [-0.05, 0) is 54.2 Å². The minimum Gasteiger partial charge on any atom is -0.370 e. The van der Waals surface area contributed by atoms with Gasteiger partial charge in [-0.25, -0.2) is 22.5 Å². The second-order valence-electron chi connectivity index (χ2n) is 6.98. The van der Waals surface area contributed by atoms with Crippen molar-refractivity contribution < 1.29 is 12.8 Å². The van der Waals surface area contributed by atoms with Crippen LogP contribution in [0.1, 0.15) is 30.4 Å². The number of nitrogens with zero attached hydrogens (tertiary/aromatic N) is 1. The van der Waals surface area contributed by atoms with Gasteiger partial charge in [0.1, 0.15) is 5.82 Å². The van der Waals surface area contributed by atoms with Crippen molar-refractivity contribution in [2.45, 2.75) is 37.2 Å². The zero-order valence-electron chi connectivity index (χ0n) is 16.0. The molecule has 2 aromatic rings. The van der Waals surface area contributed by atoms with E-state index >= 15 is 0 Å². The Bertz CT molecular complexity index is 949. The molecule has 2 aromatic carbocycles. The lowest BCUT2D eigenvalue weighted by Crippen LogP contribution is -2.37. The summed E-state index contributed by atoms with van der Waals surface area (Å²) in [6.45, 7) is 1.13. The highest BCUT2D eigenvalue weighted by atomic mass is 127. The van der Waals surface area contributed by atoms with Crippen LogP contribution in [0, 0.1) is 11.7 Å². The summed E-state index contributed by atoms with van der Waals surface area (Å²) >= 11 is 0. The van der Waals surface area contributed by atoms with Gasteiger partial charge in [0.05, 0.1) is 11.4 Å². The summed E-state index contributed by atoms with van der Waals surface area (Å²) in [6.07, 6.45) is 3.73. The molecule has 0 aliphatic heterocycles. The molecule has 29 heavy (non-hydrogen) atoms. The minimum absolute atomic E-state index is 0. The first-order valence-corrected chi connectivity index (χ1v) is 10.8. The highest BCUT2D eigenvalue weighted by Crippen LogP contribution is 2.25. The van der Waals surface area contributed by atoms with E-state index in [9.17, 15) is 12.8 Å². The number of guanidine groups is 1. The van der Waals surface area contributed by atoms with E-state index in [0.717, 1.165) is 12.1 Å². The van der Waals surface area contributed by atoms with Gasteiger partial charge in [0, 0.05) is 13.1 Å². The number of hydrogen-bond donors (Lipinski definition) is 3. The molecule has 1 fully saturated rings. The molecule has 0 saturated heterocycles. The maximum atomic E-state index is 13.2. The number of nitrogens with two attached hydrogens (primary N) is 1. The second kappa shape index (κ2) is 10.9. The van der Waals surface area contributed by atoms with Crippen molar-refractivity contribution in [1.29, 1.82) is 0 Å². The molecule has 0 bridgehead atoms. The molecule has 0 amide bonds. The Morgan fingerprint density at radius 3 is 2.55 bits per heavy atom. The van der Waals surface area contributed by atoms with Gasteiger partial charge in [-0.2, -0.15) is 0 Å². The van der Waals surface area contributed by atoms with Crippen LogP contribution in [0.2, 0.25) is 0 Å². The van der Waals surface area contributed by atoms with Crippen LogP contribution in [0.5, 0.6) is 0 Å². The fraction of sp³-hybridized carbons (Fsp3) is 0.350. The standard InChI is InChI=1S/C20H25FN4O2S.HI/c21-18-8-2-6-16(10-18)14-25-28(26,27)19-9-3-7-17(11-19)13-24-20(22)23-12-15-4-1-5-15;/h2-3,6-11,15,25H,1,4-5,12-14H2,(H3,22,23,24);1H. The molecule has 4 N–H and O–H groups in total. The van der Waals surface area contributed by atoms with E-state index in [-0.39, 0.29) is 42.0 Å². The van der Waals surface area contributed by atoms with Crippen molar-refractivity contribution in [3.63, 3.8) is 0 Å². The van der Waals surface area contributed by atoms with E-state index in [1.165, 1.54) is 37.5 Å². The van der Waals surface area contributed by atoms with E-state index in [1.807, 2.05) is 0 Å². The normalized spacial score (nSPS) is 14.7. The first kappa shape index (κ1) is 23.6. The van der Waals surface area contributed by atoms with Crippen LogP contribution in [0.4, 0.5) is 4.39 Å². The molecule has 3 rings (SSSR count). The fourth-order valence-electron chi connectivity index (χ4n) is 2.90. The Labute approximate surface area is 188 Å². The fourth-order valence-corrected chi connectivity index (χ4v) is 3.99. The lowest BCUT2D eigenvalue weighted by molar-refractivity contribution is 0.315. The monoisotopic (exact) mass is 532 g/mol. The van der Waals surface area contributed by atoms with Crippen molar-refractivity contribution in [3.8, 4) is 0 Å². The SMILES string of the molecule is I.NC(=NCc1cccc(S(=O)(=O)NCc2cccc(F)c2)c1)NCC1CCC1. The maximum absolute atomic E-state index is 13.2. The van der Waals surface area contributed by atoms with Gasteiger partial charge in [-0.1, -0.05) is 30.7 Å². The number of rotatable bonds is 8. The van der Waals surface area contributed by atoms with E-state index in [1.54, 1.807) is 30.3 Å². The Morgan fingerprint density at radius 1 is 1.14 bits per heavy atom. The predicted octanol–water partition coefficient (Wildman–Crippen LogP) is 3.13. The Kier molecular flexibility index (Phi) is 8.84. The van der Waals surface area contributed by atoms with Gasteiger partial charge >= 0.3 is 0 Å². The van der Waals surface area contributed by atoms with E-state index < -0.39 is 15.8 Å². The van der Waals surface area contributed by atoms with E-state index in [0.29, 0.717) is 17.4 Å². The van der Waals surface area contributed by atoms with Gasteiger partial charge in [0.25, 0.3) is 0 Å². The quantitative estimate of drug-likeness (QED) is 0.277. The van der Waals surface area contributed by atoms with Crippen molar-refractivity contribution in [2.24, 2.45) is 16.6 Å². The Hall–Kier alpha value is -1.72. The topological polar surface area (TPSA) is 96.6 Å². The van der Waals surface area contributed by atoms with Crippen LogP contribution in [-0.2, 0) is 23.1 Å². The summed E-state index contributed by atoms with van der Waals surface area (Å²) in [4.78, 5) is 4.41. The van der Waals surface area contributed by atoms with Gasteiger partial charge in [0.2, 0.25) is 10.0 Å². The largest absolute Gasteiger partial charge is 0.370 e. The zero-order valence-corrected chi connectivity index (χ0v) is 19.1. The number of aliphatic imine (C=N–C) groups is 1. The summed E-state index contributed by atoms with van der Waals surface area (Å²) in [5, 5.41) is 3.11. The summed E-state index contributed by atoms with van der Waals surface area (Å²) in [7, 11) is -3.72. The summed E-state index contributed by atoms with van der Waals surface area (Å²) < 4.78 is 40.8. The van der Waals surface area contributed by atoms with Crippen LogP contribution in [0.15, 0.2) is 58.4 Å². The van der Waals surface area contributed by atoms with Crippen LogP contribution in [0.3, 0.4) is 0 Å². The predicted molar refractivity (Wildman–Crippen MR) is 123 cm³/mol. The number of benzene rings is 2. The third-order valence-electron chi connectivity index (χ3n) is 4.79.